The van der Waals surface area contributed by atoms with Gasteiger partial charge in [0.25, 0.3) is 0 Å². The Kier molecular flexibility index (Phi) is 5.65. The van der Waals surface area contributed by atoms with Crippen molar-refractivity contribution in [2.75, 3.05) is 0 Å². The van der Waals surface area contributed by atoms with Gasteiger partial charge in [-0.05, 0) is 41.0 Å². The standard InChI is InChI=1S/C21H17BrF3NO2/c1-13(17-8-4-6-14-5-2-3-7-18(14)17)26(20(27)28)19(21(23,24)25)15-9-11-16(22)12-10-15/h2-13,19H,1H3,(H,27,28)/t13-,19-/m0/s1. The van der Waals surface area contributed by atoms with Crippen molar-refractivity contribution in [1.29, 1.82) is 0 Å². The molecule has 0 radical (unpaired) electrons. The molecule has 0 aliphatic carbocycles. The van der Waals surface area contributed by atoms with Crippen LogP contribution in [0.3, 0.4) is 0 Å². The lowest BCUT2D eigenvalue weighted by atomic mass is 9.96. The average Bonchev–Trinajstić information content (AvgIpc) is 2.65. The van der Waals surface area contributed by atoms with Gasteiger partial charge >= 0.3 is 12.3 Å². The van der Waals surface area contributed by atoms with Crippen LogP contribution in [0, 0.1) is 0 Å². The molecule has 28 heavy (non-hydrogen) atoms. The second kappa shape index (κ2) is 7.83. The molecule has 146 valence electrons. The molecule has 0 bridgehead atoms. The average molecular weight is 452 g/mol. The first kappa shape index (κ1) is 20.2. The van der Waals surface area contributed by atoms with Gasteiger partial charge in [0, 0.05) is 4.47 Å². The van der Waals surface area contributed by atoms with Crippen molar-refractivity contribution >= 4 is 32.8 Å². The third-order valence-corrected chi connectivity index (χ3v) is 5.21. The summed E-state index contributed by atoms with van der Waals surface area (Å²) < 4.78 is 42.6. The first-order valence-electron chi connectivity index (χ1n) is 8.51. The lowest BCUT2D eigenvalue weighted by Crippen LogP contribution is -2.43. The van der Waals surface area contributed by atoms with Crippen LogP contribution in [0.5, 0.6) is 0 Å². The molecule has 3 aromatic rings. The van der Waals surface area contributed by atoms with E-state index in [2.05, 4.69) is 15.9 Å². The van der Waals surface area contributed by atoms with Gasteiger partial charge in [0.15, 0.2) is 6.04 Å². The number of amides is 1. The van der Waals surface area contributed by atoms with Crippen molar-refractivity contribution in [3.8, 4) is 0 Å². The Balaban J connectivity index is 2.14. The number of hydrogen-bond acceptors (Lipinski definition) is 1. The van der Waals surface area contributed by atoms with Gasteiger partial charge in [0.1, 0.15) is 0 Å². The highest BCUT2D eigenvalue weighted by Gasteiger charge is 2.48. The van der Waals surface area contributed by atoms with E-state index in [4.69, 9.17) is 0 Å². The van der Waals surface area contributed by atoms with E-state index in [0.29, 0.717) is 14.9 Å². The van der Waals surface area contributed by atoms with Gasteiger partial charge in [0.2, 0.25) is 0 Å². The minimum Gasteiger partial charge on any atom is -0.465 e. The van der Waals surface area contributed by atoms with Gasteiger partial charge in [-0.1, -0.05) is 70.5 Å². The van der Waals surface area contributed by atoms with Crippen molar-refractivity contribution in [3.63, 3.8) is 0 Å². The summed E-state index contributed by atoms with van der Waals surface area (Å²) >= 11 is 3.19. The summed E-state index contributed by atoms with van der Waals surface area (Å²) in [5, 5.41) is 11.3. The lowest BCUT2D eigenvalue weighted by Gasteiger charge is -2.36. The third-order valence-electron chi connectivity index (χ3n) is 4.69. The lowest BCUT2D eigenvalue weighted by molar-refractivity contribution is -0.185. The molecule has 3 rings (SSSR count). The van der Waals surface area contributed by atoms with E-state index in [1.54, 1.807) is 24.3 Å². The maximum atomic E-state index is 14.0. The molecule has 0 aliphatic rings. The van der Waals surface area contributed by atoms with Crippen LogP contribution in [-0.4, -0.2) is 22.3 Å². The molecule has 7 heteroatoms. The number of nitrogens with zero attached hydrogens (tertiary/aromatic N) is 1. The number of fused-ring (bicyclic) bond motifs is 1. The summed E-state index contributed by atoms with van der Waals surface area (Å²) in [6, 6.07) is 14.7. The minimum atomic E-state index is -4.77. The highest BCUT2D eigenvalue weighted by molar-refractivity contribution is 9.10. The molecule has 0 heterocycles. The third kappa shape index (κ3) is 3.99. The summed E-state index contributed by atoms with van der Waals surface area (Å²) in [7, 11) is 0. The number of alkyl halides is 3. The zero-order chi connectivity index (χ0) is 20.5. The Morgan fingerprint density at radius 2 is 1.61 bits per heavy atom. The van der Waals surface area contributed by atoms with Gasteiger partial charge in [-0.25, -0.2) is 4.79 Å². The van der Waals surface area contributed by atoms with Crippen LogP contribution in [0.4, 0.5) is 18.0 Å². The number of carbonyl (C=O) groups is 1. The number of carboxylic acid groups (broad SMARTS) is 1. The summed E-state index contributed by atoms with van der Waals surface area (Å²) in [5.74, 6) is 0. The Bertz CT molecular complexity index is 984. The molecular formula is C21H17BrF3NO2. The maximum absolute atomic E-state index is 14.0. The fraction of sp³-hybridized carbons (Fsp3) is 0.190. The maximum Gasteiger partial charge on any atom is 0.413 e. The summed E-state index contributed by atoms with van der Waals surface area (Å²) in [4.78, 5) is 12.5. The fourth-order valence-corrected chi connectivity index (χ4v) is 3.68. The molecule has 0 unspecified atom stereocenters. The fourth-order valence-electron chi connectivity index (χ4n) is 3.42. The second-order valence-electron chi connectivity index (χ2n) is 6.43. The molecule has 0 spiro atoms. The minimum absolute atomic E-state index is 0.134. The van der Waals surface area contributed by atoms with Gasteiger partial charge in [-0.2, -0.15) is 13.2 Å². The first-order valence-corrected chi connectivity index (χ1v) is 9.30. The van der Waals surface area contributed by atoms with Crippen molar-refractivity contribution in [2.24, 2.45) is 0 Å². The second-order valence-corrected chi connectivity index (χ2v) is 7.35. The number of hydrogen-bond donors (Lipinski definition) is 1. The largest absolute Gasteiger partial charge is 0.465 e. The van der Waals surface area contributed by atoms with Crippen molar-refractivity contribution < 1.29 is 23.1 Å². The Hall–Kier alpha value is -2.54. The number of halogens is 4. The van der Waals surface area contributed by atoms with E-state index in [-0.39, 0.29) is 5.56 Å². The zero-order valence-electron chi connectivity index (χ0n) is 14.8. The Morgan fingerprint density at radius 1 is 1.00 bits per heavy atom. The SMILES string of the molecule is C[C@@H](c1cccc2ccccc12)N(C(=O)O)[C@@H](c1ccc(Br)cc1)C(F)(F)F. The van der Waals surface area contributed by atoms with E-state index in [9.17, 15) is 23.1 Å². The number of rotatable bonds is 4. The topological polar surface area (TPSA) is 40.5 Å². The van der Waals surface area contributed by atoms with Crippen LogP contribution in [-0.2, 0) is 0 Å². The monoisotopic (exact) mass is 451 g/mol. The van der Waals surface area contributed by atoms with Crippen molar-refractivity contribution in [3.05, 3.63) is 82.3 Å². The highest BCUT2D eigenvalue weighted by atomic mass is 79.9. The molecule has 0 saturated heterocycles. The molecule has 1 N–H and O–H groups in total. The first-order chi connectivity index (χ1) is 13.2. The predicted octanol–water partition coefficient (Wildman–Crippen LogP) is 6.95. The highest BCUT2D eigenvalue weighted by Crippen LogP contribution is 2.43. The molecule has 0 fully saturated rings. The van der Waals surface area contributed by atoms with E-state index in [0.717, 1.165) is 10.8 Å². The molecule has 1 amide bonds. The molecule has 3 aromatic carbocycles. The van der Waals surface area contributed by atoms with Gasteiger partial charge < -0.3 is 5.11 Å². The van der Waals surface area contributed by atoms with Crippen LogP contribution >= 0.6 is 15.9 Å². The van der Waals surface area contributed by atoms with Gasteiger partial charge in [-0.15, -0.1) is 0 Å². The summed E-state index contributed by atoms with van der Waals surface area (Å²) in [6.45, 7) is 1.48. The molecule has 3 nitrogen and oxygen atoms in total. The molecule has 2 atom stereocenters. The van der Waals surface area contributed by atoms with Crippen LogP contribution < -0.4 is 0 Å². The number of benzene rings is 3. The van der Waals surface area contributed by atoms with Crippen molar-refractivity contribution in [1.82, 2.24) is 4.90 Å². The summed E-state index contributed by atoms with van der Waals surface area (Å²) in [5.41, 5.74) is 0.386. The van der Waals surface area contributed by atoms with Crippen LogP contribution in [0.15, 0.2) is 71.2 Å². The Morgan fingerprint density at radius 3 is 2.21 bits per heavy atom. The smallest absolute Gasteiger partial charge is 0.413 e. The summed E-state index contributed by atoms with van der Waals surface area (Å²) in [6.07, 6.45) is -6.41. The molecule has 0 aromatic heterocycles. The van der Waals surface area contributed by atoms with E-state index >= 15 is 0 Å². The van der Waals surface area contributed by atoms with Gasteiger partial charge in [0.05, 0.1) is 6.04 Å². The normalized spacial score (nSPS) is 13.9. The van der Waals surface area contributed by atoms with Crippen molar-refractivity contribution in [2.45, 2.75) is 25.2 Å². The molecule has 0 saturated carbocycles. The van der Waals surface area contributed by atoms with Crippen LogP contribution in [0.25, 0.3) is 10.8 Å². The molecular weight excluding hydrogens is 435 g/mol. The van der Waals surface area contributed by atoms with E-state index < -0.39 is 24.4 Å². The zero-order valence-corrected chi connectivity index (χ0v) is 16.4. The predicted molar refractivity (Wildman–Crippen MR) is 105 cm³/mol. The van der Waals surface area contributed by atoms with E-state index in [1.165, 1.54) is 31.2 Å². The van der Waals surface area contributed by atoms with Crippen LogP contribution in [0.1, 0.15) is 30.1 Å². The Labute approximate surface area is 168 Å². The quantitative estimate of drug-likeness (QED) is 0.466. The van der Waals surface area contributed by atoms with Crippen LogP contribution in [0.2, 0.25) is 0 Å². The van der Waals surface area contributed by atoms with E-state index in [1.807, 2.05) is 18.2 Å². The molecule has 0 aliphatic heterocycles. The van der Waals surface area contributed by atoms with Gasteiger partial charge in [-0.3, -0.25) is 4.90 Å².